The van der Waals surface area contributed by atoms with Crippen LogP contribution in [0, 0.1) is 32.4 Å². The molecular formula is C98H101F11N20O8. The summed E-state index contributed by atoms with van der Waals surface area (Å²) in [4.78, 5) is 121. The van der Waals surface area contributed by atoms with Crippen LogP contribution in [0.3, 0.4) is 0 Å². The molecule has 9 aromatic heterocycles. The van der Waals surface area contributed by atoms with E-state index in [2.05, 4.69) is 71.0 Å². The van der Waals surface area contributed by atoms with Gasteiger partial charge in [0.1, 0.15) is 87.5 Å². The Labute approximate surface area is 778 Å². The third kappa shape index (κ3) is 20.9. The molecule has 0 spiro atoms. The number of methoxy groups -OCH3 is 1. The molecule has 28 nitrogen and oxygen atoms in total. The van der Waals surface area contributed by atoms with Crippen molar-refractivity contribution in [1.29, 1.82) is 0 Å². The van der Waals surface area contributed by atoms with E-state index in [0.717, 1.165) is 55.3 Å². The number of benzene rings is 4. The normalized spacial score (nSPS) is 15.2. The van der Waals surface area contributed by atoms with Gasteiger partial charge >= 0.3 is 12.1 Å². The number of fused-ring (bicyclic) bond motifs is 5. The van der Waals surface area contributed by atoms with Crippen LogP contribution in [0.4, 0.5) is 71.6 Å². The summed E-state index contributed by atoms with van der Waals surface area (Å²) < 4.78 is 167. The maximum absolute atomic E-state index is 14.7. The minimum absolute atomic E-state index is 0.00488. The Balaban J connectivity index is 0.000000146. The molecule has 4 N–H and O–H groups in total. The molecule has 718 valence electrons. The van der Waals surface area contributed by atoms with Crippen molar-refractivity contribution in [3.63, 3.8) is 0 Å². The second kappa shape index (κ2) is 41.0. The lowest BCUT2D eigenvalue weighted by Crippen LogP contribution is -2.33. The first-order valence-corrected chi connectivity index (χ1v) is 44.2. The smallest absolute Gasteiger partial charge is 0.416 e. The zero-order valence-corrected chi connectivity index (χ0v) is 77.5. The molecule has 0 saturated carbocycles. The lowest BCUT2D eigenvalue weighted by Gasteiger charge is -2.26. The van der Waals surface area contributed by atoms with Crippen LogP contribution in [0.25, 0.3) is 66.4 Å². The third-order valence-corrected chi connectivity index (χ3v) is 24.9. The van der Waals surface area contributed by atoms with E-state index in [1.165, 1.54) is 102 Å². The van der Waals surface area contributed by atoms with Crippen LogP contribution in [0.5, 0.6) is 11.6 Å². The summed E-state index contributed by atoms with van der Waals surface area (Å²) in [6, 6.07) is 24.8. The van der Waals surface area contributed by atoms with Crippen molar-refractivity contribution >= 4 is 90.4 Å². The summed E-state index contributed by atoms with van der Waals surface area (Å²) in [5, 5.41) is 15.1. The molecule has 13 heterocycles. The quantitative estimate of drug-likeness (QED) is 0.0515. The highest BCUT2D eigenvalue weighted by atomic mass is 19.4. The number of carbonyl (C=O) groups is 2. The van der Waals surface area contributed by atoms with Gasteiger partial charge in [0, 0.05) is 120 Å². The molecule has 0 radical (unpaired) electrons. The third-order valence-electron chi connectivity index (χ3n) is 24.9. The van der Waals surface area contributed by atoms with Crippen molar-refractivity contribution in [2.45, 2.75) is 150 Å². The van der Waals surface area contributed by atoms with Gasteiger partial charge in [0.25, 0.3) is 35.1 Å². The first-order valence-electron chi connectivity index (χ1n) is 44.2. The highest BCUT2D eigenvalue weighted by Gasteiger charge is 2.43. The van der Waals surface area contributed by atoms with Gasteiger partial charge in [-0.3, -0.25) is 51.9 Å². The van der Waals surface area contributed by atoms with Crippen LogP contribution >= 0.6 is 0 Å². The predicted octanol–water partition coefficient (Wildman–Crippen LogP) is 17.9. The molecule has 0 unspecified atom stereocenters. The molecule has 4 aliphatic heterocycles. The number of rotatable bonds is 20. The van der Waals surface area contributed by atoms with Crippen molar-refractivity contribution < 1.29 is 67.4 Å². The van der Waals surface area contributed by atoms with Crippen LogP contribution in [0.15, 0.2) is 159 Å². The predicted molar refractivity (Wildman–Crippen MR) is 500 cm³/mol. The van der Waals surface area contributed by atoms with Gasteiger partial charge in [0.05, 0.1) is 80.6 Å². The second-order valence-corrected chi connectivity index (χ2v) is 34.0. The van der Waals surface area contributed by atoms with Crippen LogP contribution in [0.1, 0.15) is 189 Å². The van der Waals surface area contributed by atoms with Crippen molar-refractivity contribution in [1.82, 2.24) is 77.8 Å². The van der Waals surface area contributed by atoms with E-state index in [1.54, 1.807) is 133 Å². The molecule has 4 aromatic carbocycles. The number of aromatic nitrogens is 13. The molecule has 137 heavy (non-hydrogen) atoms. The summed E-state index contributed by atoms with van der Waals surface area (Å²) in [6.07, 6.45) is 2.27. The fraction of sp³-hybridized carbons (Fsp3) is 0.357. The van der Waals surface area contributed by atoms with Gasteiger partial charge in [-0.2, -0.15) is 22.0 Å². The lowest BCUT2D eigenvalue weighted by molar-refractivity contribution is -0.138. The molecule has 1 fully saturated rings. The minimum Gasteiger partial charge on any atom is -0.486 e. The number of aryl methyl sites for hydroxylation is 6. The number of amides is 2. The fourth-order valence-corrected chi connectivity index (χ4v) is 17.5. The highest BCUT2D eigenvalue weighted by Crippen LogP contribution is 2.46. The SMILES string of the molecule is CC(=O)N1CC=C(c2cc3c(N[C@H](C)c4cccc(C(F)(F)F)c4C)ncnc3n(C)c2=O)CC1.CC(=O)N1CC=C(c2cc3c(N[C@H](C)c4cccc5c4OCC5(F)F)ncnc3n(C)c2=O)CC1.COc1ncccc1-c1cc2c(N[C@H](C)c3cccc(C(F)F)c3F)nc(C)nc2n(C)c1=O.Cc1nc(N[C@H](C)c2cccc(C(F)F)c2F)c2cc(CN3CCCCC3)c(=O)n(C)c2n1. The van der Waals surface area contributed by atoms with Gasteiger partial charge in [0.15, 0.2) is 6.61 Å². The Kier molecular flexibility index (Phi) is 29.5. The van der Waals surface area contributed by atoms with Crippen LogP contribution in [-0.2, 0) is 56.4 Å². The van der Waals surface area contributed by atoms with Gasteiger partial charge < -0.3 is 40.5 Å². The number of para-hydroxylation sites is 1. The minimum atomic E-state index is -4.44. The average molecular weight is 1900 g/mol. The zero-order chi connectivity index (χ0) is 98.7. The van der Waals surface area contributed by atoms with E-state index in [4.69, 9.17) is 9.47 Å². The molecule has 4 aliphatic rings. The molecule has 1 saturated heterocycles. The number of ether oxygens (including phenoxy) is 2. The summed E-state index contributed by atoms with van der Waals surface area (Å²) in [5.41, 5.74) is 4.35. The number of alkyl halides is 9. The summed E-state index contributed by atoms with van der Waals surface area (Å²) in [5.74, 6) is -2.01. The van der Waals surface area contributed by atoms with E-state index < -0.39 is 84.0 Å². The number of anilines is 4. The maximum atomic E-state index is 14.7. The number of halogens is 11. The van der Waals surface area contributed by atoms with Gasteiger partial charge in [-0.05, 0) is 158 Å². The van der Waals surface area contributed by atoms with Gasteiger partial charge in [-0.25, -0.2) is 71.2 Å². The molecule has 4 atom stereocenters. The molecule has 17 rings (SSSR count). The largest absolute Gasteiger partial charge is 0.486 e. The van der Waals surface area contributed by atoms with Crippen molar-refractivity contribution in [2.24, 2.45) is 28.2 Å². The molecular weight excluding hydrogens is 1790 g/mol. The van der Waals surface area contributed by atoms with E-state index in [0.29, 0.717) is 164 Å². The Morgan fingerprint density at radius 1 is 0.489 bits per heavy atom. The molecule has 2 amide bonds. The van der Waals surface area contributed by atoms with E-state index in [-0.39, 0.29) is 67.9 Å². The standard InChI is InChI=1S/C25H26F3N5O2.C25H25F2N5O3.C24H22F3N5O2.C24H28F3N5O/c1-14-18(6-5-7-21(14)25(26,27)28)15(2)31-22-20-12-19(17-8-10-33(11-9-17)16(3)34)24(35)32(4)23(20)30-13-29-22;1-14(17-5-4-6-20-21(17)35-12-25(20,26)27)30-22-19-11-18(16-7-9-32(10-8-16)15(2)33)24(34)31(3)23(19)29-13-28-22;1-12(14-7-5-8-16(19(14)25)20(26)27)29-21-18-11-17(15-9-6-10-28-23(15)34-4)24(33)32(3)22(18)31-13(2)30-21;1-14(17-8-7-9-18(20(17)25)21(26)27)28-22-19-12-16(13-32-10-5-4-6-11-32)24(33)31(3)23(19)30-15(2)29-22/h5-8,12-13,15H,9-11H2,1-4H3,(H,29,30,31);4-7,11,13-14H,8-10,12H2,1-3H3,(H,28,29,30);5-12,20H,1-4H3,(H,29,30,31);7-9,12,14,21H,4-6,10-11,13H2,1-3H3,(H,28,29,30)/t15-;14-;12-;14-/m1111/s1. The number of piperidine rings is 1. The van der Waals surface area contributed by atoms with E-state index >= 15 is 0 Å². The number of hydrogen-bond acceptors (Lipinski definition) is 22. The lowest BCUT2D eigenvalue weighted by atomic mass is 9.97. The number of pyridine rings is 5. The van der Waals surface area contributed by atoms with Crippen molar-refractivity contribution in [3.05, 3.63) is 272 Å². The fourth-order valence-electron chi connectivity index (χ4n) is 17.5. The summed E-state index contributed by atoms with van der Waals surface area (Å²) in [6.45, 7) is 18.5. The number of nitrogens with zero attached hydrogens (tertiary/aromatic N) is 16. The Bertz CT molecular complexity index is 7160. The number of hydrogen-bond donors (Lipinski definition) is 4. The molecule has 0 aliphatic carbocycles. The monoisotopic (exact) mass is 1890 g/mol. The van der Waals surface area contributed by atoms with E-state index in [1.807, 2.05) is 19.1 Å². The number of nitrogens with one attached hydrogen (secondary N) is 4. The van der Waals surface area contributed by atoms with Crippen molar-refractivity contribution in [2.75, 3.05) is 74.3 Å². The first kappa shape index (κ1) is 98.6. The van der Waals surface area contributed by atoms with Gasteiger partial charge in [0.2, 0.25) is 17.7 Å². The summed E-state index contributed by atoms with van der Waals surface area (Å²) >= 11 is 0. The highest BCUT2D eigenvalue weighted by molar-refractivity contribution is 5.94. The topological polar surface area (TPSA) is 314 Å². The maximum Gasteiger partial charge on any atom is 0.416 e. The van der Waals surface area contributed by atoms with E-state index in [9.17, 15) is 77.1 Å². The Morgan fingerprint density at radius 3 is 1.39 bits per heavy atom. The molecule has 39 heteroatoms. The zero-order valence-electron chi connectivity index (χ0n) is 77.5. The number of likely N-dealkylation sites (tertiary alicyclic amines) is 1. The van der Waals surface area contributed by atoms with Gasteiger partial charge in [-0.15, -0.1) is 0 Å². The Hall–Kier alpha value is -14.4. The summed E-state index contributed by atoms with van der Waals surface area (Å²) in [7, 11) is 8.00. The van der Waals surface area contributed by atoms with Crippen molar-refractivity contribution in [3.8, 4) is 22.8 Å². The Morgan fingerprint density at radius 2 is 0.912 bits per heavy atom. The van der Waals surface area contributed by atoms with Gasteiger partial charge in [-0.1, -0.05) is 79.2 Å². The van der Waals surface area contributed by atoms with Crippen LogP contribution in [-0.4, -0.2) is 143 Å². The molecule has 13 aromatic rings. The van der Waals surface area contributed by atoms with Crippen LogP contribution < -0.4 is 53.0 Å². The molecule has 0 bridgehead atoms. The second-order valence-electron chi connectivity index (χ2n) is 34.0. The number of carbonyl (C=O) groups excluding carboxylic acids is 2. The first-order chi connectivity index (χ1) is 65.1. The average Bonchev–Trinajstić information content (AvgIpc) is 1.62. The van der Waals surface area contributed by atoms with Crippen LogP contribution in [0.2, 0.25) is 0 Å².